The Morgan fingerprint density at radius 3 is 1.74 bits per heavy atom. The van der Waals surface area contributed by atoms with Gasteiger partial charge in [0.25, 0.3) is 20.0 Å². The Labute approximate surface area is 208 Å². The second-order valence-corrected chi connectivity index (χ2v) is 13.2. The summed E-state index contributed by atoms with van der Waals surface area (Å²) in [5, 5.41) is 3.83. The maximum absolute atomic E-state index is 14.3. The summed E-state index contributed by atoms with van der Waals surface area (Å²) in [6.07, 6.45) is -0.895. The van der Waals surface area contributed by atoms with Crippen molar-refractivity contribution in [3.8, 4) is 0 Å². The van der Waals surface area contributed by atoms with Crippen molar-refractivity contribution in [2.24, 2.45) is 5.92 Å². The molecule has 38 heavy (non-hydrogen) atoms. The summed E-state index contributed by atoms with van der Waals surface area (Å²) >= 11 is 0. The van der Waals surface area contributed by atoms with Crippen LogP contribution in [-0.2, 0) is 34.9 Å². The van der Waals surface area contributed by atoms with Crippen molar-refractivity contribution < 1.29 is 79.8 Å². The lowest BCUT2D eigenvalue weighted by Crippen LogP contribution is -2.65. The van der Waals surface area contributed by atoms with Crippen LogP contribution in [0.4, 0.5) is 39.5 Å². The smallest absolute Gasteiger partial charge is 0.507 e. The van der Waals surface area contributed by atoms with Crippen LogP contribution < -0.4 is 4.13 Å². The molecule has 0 saturated carbocycles. The van der Waals surface area contributed by atoms with Crippen LogP contribution in [0.5, 0.6) is 0 Å². The fourth-order valence-corrected chi connectivity index (χ4v) is 6.67. The van der Waals surface area contributed by atoms with Crippen LogP contribution in [0.3, 0.4) is 0 Å². The van der Waals surface area contributed by atoms with Gasteiger partial charge in [-0.25, -0.2) is 25.3 Å². The molecule has 0 unspecified atom stereocenters. The first-order chi connectivity index (χ1) is 16.7. The van der Waals surface area contributed by atoms with Crippen molar-refractivity contribution in [1.82, 2.24) is 8.43 Å². The highest BCUT2D eigenvalue weighted by Gasteiger charge is 2.83. The van der Waals surface area contributed by atoms with E-state index < -0.39 is 110 Å². The largest absolute Gasteiger partial charge is 0.512 e. The van der Waals surface area contributed by atoms with Crippen LogP contribution in [0.15, 0.2) is 24.0 Å². The number of ketones is 1. The molecule has 0 aromatic rings. The summed E-state index contributed by atoms with van der Waals surface area (Å²) in [5.74, 6) is -10.5. The number of hydrogen-bond donors (Lipinski definition) is 3. The van der Waals surface area contributed by atoms with Crippen LogP contribution in [0.2, 0.25) is 0 Å². The van der Waals surface area contributed by atoms with E-state index in [9.17, 15) is 74.7 Å². The van der Waals surface area contributed by atoms with Crippen LogP contribution in [-0.4, -0.2) is 87.2 Å². The Kier molecular flexibility index (Phi) is 9.47. The highest BCUT2D eigenvalue weighted by molar-refractivity contribution is 8.05. The number of nitrogens with one attached hydrogen (secondary N) is 1. The number of halogens is 9. The van der Waals surface area contributed by atoms with Gasteiger partial charge in [-0.05, 0) is 12.8 Å². The van der Waals surface area contributed by atoms with E-state index in [1.54, 1.807) is 0 Å². The molecule has 222 valence electrons. The fraction of sp³-hybridized carbons (Fsp3) is 0.667. The van der Waals surface area contributed by atoms with Gasteiger partial charge in [0.2, 0.25) is 0 Å². The molecule has 0 aliphatic carbocycles. The standard InChI is InChI=1S/C15H17F9N2O9S3/c1-8(7-27)10(28)6-11(29)9-2-4-26(5-3-9)38(34,35)14(20,21)12(16,17)13(18,19)36(30,31)25-37(32,33)15(22,23)24/h6,9,25,27-28H,1-5,7H2. The van der Waals surface area contributed by atoms with Gasteiger partial charge in [0.05, 0.1) is 6.61 Å². The topological polar surface area (TPSA) is 175 Å². The Morgan fingerprint density at radius 2 is 1.34 bits per heavy atom. The molecule has 1 saturated heterocycles. The molecule has 1 aliphatic rings. The number of rotatable bonds is 11. The normalized spacial score (nSPS) is 18.4. The van der Waals surface area contributed by atoms with E-state index in [4.69, 9.17) is 5.11 Å². The van der Waals surface area contributed by atoms with E-state index in [-0.39, 0.29) is 5.57 Å². The zero-order valence-electron chi connectivity index (χ0n) is 18.2. The first-order valence-corrected chi connectivity index (χ1v) is 13.8. The predicted octanol–water partition coefficient (Wildman–Crippen LogP) is 1.18. The molecule has 1 fully saturated rings. The molecule has 0 radical (unpaired) electrons. The SMILES string of the molecule is C=C(CO)C(O)=CC(=O)C1CCN(S(=O)(=O)C(F)(F)C(F)(F)C(F)(F)S(=O)(=O)NS(=O)(=O)C(F)(F)F)CC1. The number of piperidine rings is 1. The molecule has 1 heterocycles. The molecule has 11 nitrogen and oxygen atoms in total. The number of aliphatic hydroxyl groups excluding tert-OH is 2. The number of allylic oxidation sites excluding steroid dienone is 1. The number of alkyl halides is 9. The van der Waals surface area contributed by atoms with E-state index in [2.05, 4.69) is 6.58 Å². The molecule has 0 aromatic heterocycles. The Bertz CT molecular complexity index is 1300. The van der Waals surface area contributed by atoms with Crippen molar-refractivity contribution in [2.45, 2.75) is 34.8 Å². The van der Waals surface area contributed by atoms with E-state index in [1.807, 2.05) is 0 Å². The van der Waals surface area contributed by atoms with Gasteiger partial charge in [-0.3, -0.25) is 4.79 Å². The minimum atomic E-state index is -7.88. The summed E-state index contributed by atoms with van der Waals surface area (Å²) in [4.78, 5) is 12.1. The molecule has 3 N–H and O–H groups in total. The summed E-state index contributed by atoms with van der Waals surface area (Å²) in [7, 11) is -22.2. The van der Waals surface area contributed by atoms with E-state index >= 15 is 0 Å². The first kappa shape index (κ1) is 34.1. The van der Waals surface area contributed by atoms with Gasteiger partial charge in [-0.1, -0.05) is 10.7 Å². The molecular formula is C15H17F9N2O9S3. The molecule has 0 spiro atoms. The lowest BCUT2D eigenvalue weighted by atomic mass is 9.93. The number of hydrogen-bond acceptors (Lipinski definition) is 9. The molecule has 0 aromatic carbocycles. The number of sulfonamides is 3. The predicted molar refractivity (Wildman–Crippen MR) is 107 cm³/mol. The van der Waals surface area contributed by atoms with Crippen LogP contribution >= 0.6 is 0 Å². The summed E-state index contributed by atoms with van der Waals surface area (Å²) in [5.41, 5.74) is -7.01. The molecule has 0 amide bonds. The third-order valence-corrected chi connectivity index (χ3v) is 10.2. The maximum Gasteiger partial charge on any atom is 0.512 e. The molecule has 0 atom stereocenters. The van der Waals surface area contributed by atoms with E-state index in [0.717, 1.165) is 0 Å². The number of carbonyl (C=O) groups is 1. The summed E-state index contributed by atoms with van der Waals surface area (Å²) < 4.78 is 189. The van der Waals surface area contributed by atoms with E-state index in [0.29, 0.717) is 6.08 Å². The maximum atomic E-state index is 14.3. The van der Waals surface area contributed by atoms with Crippen LogP contribution in [0, 0.1) is 5.92 Å². The molecular weight excluding hydrogens is 619 g/mol. The second-order valence-electron chi connectivity index (χ2n) is 7.52. The average molecular weight is 636 g/mol. The minimum Gasteiger partial charge on any atom is -0.507 e. The molecule has 1 aliphatic heterocycles. The average Bonchev–Trinajstić information content (AvgIpc) is 2.76. The highest BCUT2D eigenvalue weighted by Crippen LogP contribution is 2.52. The Balaban J connectivity index is 3.28. The van der Waals surface area contributed by atoms with Gasteiger partial charge in [0.15, 0.2) is 5.78 Å². The van der Waals surface area contributed by atoms with Crippen LogP contribution in [0.25, 0.3) is 0 Å². The Morgan fingerprint density at radius 1 is 0.895 bits per heavy atom. The van der Waals surface area contributed by atoms with Crippen molar-refractivity contribution in [1.29, 1.82) is 0 Å². The fourth-order valence-electron chi connectivity index (χ4n) is 2.72. The lowest BCUT2D eigenvalue weighted by Gasteiger charge is -2.36. The number of carbonyl (C=O) groups excluding carboxylic acids is 1. The van der Waals surface area contributed by atoms with Crippen molar-refractivity contribution >= 4 is 35.9 Å². The zero-order chi connectivity index (χ0) is 30.3. The monoisotopic (exact) mass is 636 g/mol. The quantitative estimate of drug-likeness (QED) is 0.130. The van der Waals surface area contributed by atoms with Gasteiger partial charge < -0.3 is 10.2 Å². The van der Waals surface area contributed by atoms with Gasteiger partial charge in [0.1, 0.15) is 5.76 Å². The Hall–Kier alpha value is -1.95. The summed E-state index contributed by atoms with van der Waals surface area (Å²) in [6.45, 7) is -0.0286. The van der Waals surface area contributed by atoms with Crippen LogP contribution in [0.1, 0.15) is 12.8 Å². The third-order valence-electron chi connectivity index (χ3n) is 4.94. The van der Waals surface area contributed by atoms with Gasteiger partial charge in [-0.2, -0.15) is 43.8 Å². The lowest BCUT2D eigenvalue weighted by molar-refractivity contribution is -0.245. The number of aliphatic hydroxyl groups is 2. The number of nitrogens with zero attached hydrogens (tertiary/aromatic N) is 1. The molecule has 1 rings (SSSR count). The third kappa shape index (κ3) is 5.95. The van der Waals surface area contributed by atoms with Crippen molar-refractivity contribution in [3.63, 3.8) is 0 Å². The van der Waals surface area contributed by atoms with E-state index in [1.165, 1.54) is 0 Å². The molecule has 0 bridgehead atoms. The van der Waals surface area contributed by atoms with Gasteiger partial charge in [-0.15, -0.1) is 0 Å². The zero-order valence-corrected chi connectivity index (χ0v) is 20.7. The molecule has 23 heteroatoms. The highest BCUT2D eigenvalue weighted by atomic mass is 32.3. The van der Waals surface area contributed by atoms with Gasteiger partial charge in [0, 0.05) is 30.7 Å². The first-order valence-electron chi connectivity index (χ1n) is 9.42. The summed E-state index contributed by atoms with van der Waals surface area (Å²) in [6, 6.07) is 0. The van der Waals surface area contributed by atoms with Crippen molar-refractivity contribution in [2.75, 3.05) is 19.7 Å². The minimum absolute atomic E-state index is 0.325. The van der Waals surface area contributed by atoms with Gasteiger partial charge >= 0.3 is 32.0 Å². The van der Waals surface area contributed by atoms with Crippen molar-refractivity contribution in [3.05, 3.63) is 24.0 Å². The second kappa shape index (κ2) is 10.6.